The molecule has 1 spiro atoms. The van der Waals surface area contributed by atoms with Crippen molar-refractivity contribution in [3.63, 3.8) is 0 Å². The molecule has 0 radical (unpaired) electrons. The Morgan fingerprint density at radius 1 is 1.09 bits per heavy atom. The van der Waals surface area contributed by atoms with E-state index in [1.807, 2.05) is 0 Å². The topological polar surface area (TPSA) is 64.6 Å². The van der Waals surface area contributed by atoms with Gasteiger partial charge in [-0.05, 0) is 56.1 Å². The van der Waals surface area contributed by atoms with Crippen LogP contribution in [0.2, 0.25) is 5.02 Å². The number of ketones is 1. The van der Waals surface area contributed by atoms with Crippen molar-refractivity contribution >= 4 is 23.3 Å². The van der Waals surface area contributed by atoms with Gasteiger partial charge in [0.25, 0.3) is 0 Å². The molecule has 8 heteroatoms. The summed E-state index contributed by atoms with van der Waals surface area (Å²) >= 11 is 5.90. The van der Waals surface area contributed by atoms with Crippen LogP contribution in [-0.2, 0) is 9.47 Å². The quantitative estimate of drug-likeness (QED) is 0.582. The van der Waals surface area contributed by atoms with Crippen molar-refractivity contribution < 1.29 is 18.7 Å². The van der Waals surface area contributed by atoms with Crippen LogP contribution in [0.3, 0.4) is 0 Å². The van der Waals surface area contributed by atoms with Gasteiger partial charge in [0, 0.05) is 30.0 Å². The zero-order valence-corrected chi connectivity index (χ0v) is 19.1. The Labute approximate surface area is 197 Å². The molecule has 1 aromatic carbocycles. The molecule has 6 rings (SSSR count). The molecule has 1 aromatic heterocycles. The number of anilines is 1. The van der Waals surface area contributed by atoms with E-state index >= 15 is 0 Å². The van der Waals surface area contributed by atoms with Crippen molar-refractivity contribution in [2.45, 2.75) is 38.4 Å². The van der Waals surface area contributed by atoms with Gasteiger partial charge in [-0.1, -0.05) is 17.7 Å². The van der Waals surface area contributed by atoms with Crippen LogP contribution >= 0.6 is 11.6 Å². The first kappa shape index (κ1) is 21.4. The predicted octanol–water partition coefficient (Wildman–Crippen LogP) is 4.83. The van der Waals surface area contributed by atoms with E-state index in [-0.39, 0.29) is 22.7 Å². The van der Waals surface area contributed by atoms with Gasteiger partial charge in [-0.3, -0.25) is 4.79 Å². The van der Waals surface area contributed by atoms with Gasteiger partial charge in [-0.15, -0.1) is 0 Å². The lowest BCUT2D eigenvalue weighted by Gasteiger charge is -2.35. The van der Waals surface area contributed by atoms with Crippen LogP contribution in [0.4, 0.5) is 10.3 Å². The number of rotatable bonds is 5. The predicted molar refractivity (Wildman–Crippen MR) is 121 cm³/mol. The number of nitrogens with zero attached hydrogens (tertiary/aromatic N) is 3. The highest BCUT2D eigenvalue weighted by atomic mass is 35.5. The molecule has 2 saturated carbocycles. The van der Waals surface area contributed by atoms with E-state index in [4.69, 9.17) is 21.1 Å². The normalized spacial score (nSPS) is 29.9. The Kier molecular flexibility index (Phi) is 5.39. The molecule has 3 heterocycles. The van der Waals surface area contributed by atoms with Crippen LogP contribution in [0.1, 0.15) is 54.3 Å². The maximum absolute atomic E-state index is 14.5. The van der Waals surface area contributed by atoms with Crippen molar-refractivity contribution in [3.05, 3.63) is 52.6 Å². The number of halogens is 2. The van der Waals surface area contributed by atoms with Gasteiger partial charge >= 0.3 is 0 Å². The summed E-state index contributed by atoms with van der Waals surface area (Å²) < 4.78 is 26.7. The average molecular weight is 472 g/mol. The van der Waals surface area contributed by atoms with E-state index < -0.39 is 12.1 Å². The highest BCUT2D eigenvalue weighted by Crippen LogP contribution is 2.61. The number of carbonyl (C=O) groups excluding carboxylic acids is 1. The summed E-state index contributed by atoms with van der Waals surface area (Å²) in [5.74, 6) is 1.43. The number of hydrogen-bond donors (Lipinski definition) is 0. The molecule has 2 aliphatic heterocycles. The summed E-state index contributed by atoms with van der Waals surface area (Å²) in [4.78, 5) is 23.1. The van der Waals surface area contributed by atoms with E-state index in [0.717, 1.165) is 51.1 Å². The maximum Gasteiger partial charge on any atom is 0.225 e. The van der Waals surface area contributed by atoms with E-state index in [2.05, 4.69) is 14.9 Å². The first-order valence-electron chi connectivity index (χ1n) is 11.8. The maximum atomic E-state index is 14.5. The molecule has 33 heavy (non-hydrogen) atoms. The molecule has 0 amide bonds. The molecular weight excluding hydrogens is 445 g/mol. The zero-order chi connectivity index (χ0) is 22.6. The van der Waals surface area contributed by atoms with Crippen LogP contribution in [-0.4, -0.2) is 42.1 Å². The second kappa shape index (κ2) is 8.29. The number of Topliss-reactive ketones (excluding diaryl/α,β-unsaturated/α-hetero) is 1. The second-order valence-electron chi connectivity index (χ2n) is 10.0. The molecule has 0 N–H and O–H groups in total. The summed E-state index contributed by atoms with van der Waals surface area (Å²) in [5.41, 5.74) is 0.912. The number of aromatic nitrogens is 2. The molecule has 4 aliphatic rings. The van der Waals surface area contributed by atoms with Crippen LogP contribution in [0.5, 0.6) is 0 Å². The zero-order valence-electron chi connectivity index (χ0n) is 18.4. The fraction of sp³-hybridized carbons (Fsp3) is 0.560. The van der Waals surface area contributed by atoms with Crippen LogP contribution in [0.15, 0.2) is 30.6 Å². The van der Waals surface area contributed by atoms with Gasteiger partial charge in [0.1, 0.15) is 5.82 Å². The Morgan fingerprint density at radius 2 is 1.79 bits per heavy atom. The number of piperidine rings is 1. The fourth-order valence-electron chi connectivity index (χ4n) is 5.56. The Bertz CT molecular complexity index is 1050. The molecule has 6 nitrogen and oxygen atoms in total. The van der Waals surface area contributed by atoms with E-state index in [0.29, 0.717) is 35.6 Å². The lowest BCUT2D eigenvalue weighted by atomic mass is 9.87. The third-order valence-electron chi connectivity index (χ3n) is 7.77. The summed E-state index contributed by atoms with van der Waals surface area (Å²) in [7, 11) is 0. The third kappa shape index (κ3) is 4.15. The van der Waals surface area contributed by atoms with Crippen LogP contribution < -0.4 is 4.90 Å². The number of benzene rings is 1. The van der Waals surface area contributed by atoms with Gasteiger partial charge in [-0.25, -0.2) is 14.4 Å². The minimum absolute atomic E-state index is 0.00442. The van der Waals surface area contributed by atoms with Crippen molar-refractivity contribution in [2.24, 2.45) is 23.2 Å². The van der Waals surface area contributed by atoms with Crippen LogP contribution in [0.25, 0.3) is 0 Å². The third-order valence-corrected chi connectivity index (χ3v) is 7.97. The number of carbonyl (C=O) groups is 1. The summed E-state index contributed by atoms with van der Waals surface area (Å²) in [6, 6.07) is 4.75. The van der Waals surface area contributed by atoms with Crippen molar-refractivity contribution in [1.29, 1.82) is 0 Å². The van der Waals surface area contributed by atoms with Gasteiger partial charge < -0.3 is 14.4 Å². The summed E-state index contributed by atoms with van der Waals surface area (Å²) in [6.45, 7) is 3.14. The minimum Gasteiger partial charge on any atom is -0.348 e. The lowest BCUT2D eigenvalue weighted by molar-refractivity contribution is -0.216. The molecule has 2 aromatic rings. The molecule has 1 unspecified atom stereocenters. The van der Waals surface area contributed by atoms with E-state index in [1.165, 1.54) is 6.07 Å². The first-order chi connectivity index (χ1) is 16.0. The summed E-state index contributed by atoms with van der Waals surface area (Å²) in [6.07, 6.45) is 7.77. The van der Waals surface area contributed by atoms with Crippen molar-refractivity contribution in [3.8, 4) is 0 Å². The smallest absolute Gasteiger partial charge is 0.225 e. The second-order valence-corrected chi connectivity index (χ2v) is 10.5. The standard InChI is InChI=1S/C25H27ClFN3O3/c26-18-11-28-24(29-12-18)30-7-5-15(6-8-30)20-10-25(20)13-32-23(33-14-25)17-3-4-19(21(27)9-17)22(31)16-1-2-16/h3-4,9,11-12,15-16,20,23H,1-2,5-8,10,13-14H2. The van der Waals surface area contributed by atoms with Gasteiger partial charge in [0.15, 0.2) is 12.1 Å². The lowest BCUT2D eigenvalue weighted by Crippen LogP contribution is -2.37. The SMILES string of the molecule is O=C(c1ccc(C2OCC3(CO2)CC3C2CCN(c3ncc(Cl)cn3)CC2)cc1F)C1CC1. The molecule has 2 saturated heterocycles. The average Bonchev–Trinajstić information content (AvgIpc) is 3.77. The van der Waals surface area contributed by atoms with Gasteiger partial charge in [0.05, 0.1) is 36.2 Å². The van der Waals surface area contributed by atoms with Gasteiger partial charge in [-0.2, -0.15) is 0 Å². The fourth-order valence-corrected chi connectivity index (χ4v) is 5.65. The molecule has 1 atom stereocenters. The summed E-state index contributed by atoms with van der Waals surface area (Å²) in [5, 5.41) is 0.551. The Balaban J connectivity index is 1.03. The van der Waals surface area contributed by atoms with E-state index in [9.17, 15) is 9.18 Å². The highest BCUT2D eigenvalue weighted by Gasteiger charge is 2.59. The van der Waals surface area contributed by atoms with Crippen molar-refractivity contribution in [1.82, 2.24) is 9.97 Å². The molecule has 0 bridgehead atoms. The van der Waals surface area contributed by atoms with E-state index in [1.54, 1.807) is 24.5 Å². The van der Waals surface area contributed by atoms with Crippen LogP contribution in [0, 0.1) is 29.0 Å². The number of hydrogen-bond acceptors (Lipinski definition) is 6. The Hall–Kier alpha value is -2.09. The Morgan fingerprint density at radius 3 is 2.42 bits per heavy atom. The molecule has 2 aliphatic carbocycles. The first-order valence-corrected chi connectivity index (χ1v) is 12.2. The highest BCUT2D eigenvalue weighted by molar-refractivity contribution is 6.30. The monoisotopic (exact) mass is 471 g/mol. The molecule has 4 fully saturated rings. The van der Waals surface area contributed by atoms with Crippen molar-refractivity contribution in [2.75, 3.05) is 31.2 Å². The largest absolute Gasteiger partial charge is 0.348 e. The molecular formula is C25H27ClFN3O3. The number of ether oxygens (including phenoxy) is 2. The molecule has 174 valence electrons. The van der Waals surface area contributed by atoms with Gasteiger partial charge in [0.2, 0.25) is 5.95 Å². The minimum atomic E-state index is -0.569.